The van der Waals surface area contributed by atoms with Crippen LogP contribution in [0.3, 0.4) is 0 Å². The Hall–Kier alpha value is -2.07. The highest BCUT2D eigenvalue weighted by atomic mass is 19.1. The highest BCUT2D eigenvalue weighted by Crippen LogP contribution is 2.19. The zero-order valence-electron chi connectivity index (χ0n) is 12.9. The van der Waals surface area contributed by atoms with Crippen LogP contribution in [0.2, 0.25) is 0 Å². The Bertz CT molecular complexity index is 607. The van der Waals surface area contributed by atoms with E-state index >= 15 is 0 Å². The molecule has 0 atom stereocenters. The van der Waals surface area contributed by atoms with Crippen LogP contribution >= 0.6 is 0 Å². The smallest absolute Gasteiger partial charge is 0.123 e. The normalized spacial score (nSPS) is 15.8. The second-order valence-electron chi connectivity index (χ2n) is 5.74. The van der Waals surface area contributed by atoms with Crippen molar-refractivity contribution in [2.45, 2.75) is 6.54 Å². The topological polar surface area (TPSA) is 16.9 Å². The molecule has 0 amide bonds. The lowest BCUT2D eigenvalue weighted by atomic mass is 10.2. The third-order valence-electron chi connectivity index (χ3n) is 4.25. The molecule has 22 heavy (non-hydrogen) atoms. The van der Waals surface area contributed by atoms with E-state index in [1.807, 2.05) is 18.2 Å². The van der Waals surface area contributed by atoms with Crippen molar-refractivity contribution in [3.8, 4) is 5.75 Å². The Morgan fingerprint density at radius 3 is 2.45 bits per heavy atom. The molecule has 2 aromatic rings. The van der Waals surface area contributed by atoms with Gasteiger partial charge < -0.3 is 14.5 Å². The molecule has 1 saturated heterocycles. The van der Waals surface area contributed by atoms with E-state index < -0.39 is 0 Å². The van der Waals surface area contributed by atoms with Crippen molar-refractivity contribution >= 4 is 5.69 Å². The number of anilines is 1. The molecule has 0 spiro atoms. The third kappa shape index (κ3) is 3.57. The van der Waals surface area contributed by atoms with E-state index in [9.17, 15) is 4.39 Å². The summed E-state index contributed by atoms with van der Waals surface area (Å²) >= 11 is 0. The van der Waals surface area contributed by atoms with Crippen LogP contribution in [0, 0.1) is 5.82 Å². The fraction of sp³-hybridized carbons (Fsp3) is 0.333. The molecule has 0 aromatic heterocycles. The predicted octanol–water partition coefficient (Wildman–Crippen LogP) is 1.74. The molecule has 3 rings (SSSR count). The van der Waals surface area contributed by atoms with Crippen molar-refractivity contribution < 1.29 is 14.0 Å². The number of quaternary nitrogens is 1. The number of hydrogen-bond acceptors (Lipinski definition) is 2. The van der Waals surface area contributed by atoms with Crippen molar-refractivity contribution in [3.63, 3.8) is 0 Å². The lowest BCUT2D eigenvalue weighted by Gasteiger charge is -2.33. The van der Waals surface area contributed by atoms with E-state index in [1.54, 1.807) is 19.2 Å². The molecule has 4 heteroatoms. The van der Waals surface area contributed by atoms with Gasteiger partial charge in [0.1, 0.15) is 18.1 Å². The summed E-state index contributed by atoms with van der Waals surface area (Å²) in [6, 6.07) is 15.2. The monoisotopic (exact) mass is 301 g/mol. The number of methoxy groups -OCH3 is 1. The molecule has 1 heterocycles. The molecular formula is C18H22FN2O+. The summed E-state index contributed by atoms with van der Waals surface area (Å²) < 4.78 is 18.4. The molecule has 0 radical (unpaired) electrons. The van der Waals surface area contributed by atoms with Gasteiger partial charge in [0.15, 0.2) is 0 Å². The minimum Gasteiger partial charge on any atom is -0.497 e. The zero-order valence-corrected chi connectivity index (χ0v) is 12.9. The highest BCUT2D eigenvalue weighted by Gasteiger charge is 2.20. The van der Waals surface area contributed by atoms with Crippen LogP contribution in [-0.2, 0) is 6.54 Å². The molecule has 0 unspecified atom stereocenters. The van der Waals surface area contributed by atoms with Gasteiger partial charge in [-0.3, -0.25) is 0 Å². The molecule has 3 nitrogen and oxygen atoms in total. The van der Waals surface area contributed by atoms with Gasteiger partial charge in [0.2, 0.25) is 0 Å². The second-order valence-corrected chi connectivity index (χ2v) is 5.74. The molecular weight excluding hydrogens is 279 g/mol. The summed E-state index contributed by atoms with van der Waals surface area (Å²) in [6.07, 6.45) is 0. The van der Waals surface area contributed by atoms with Gasteiger partial charge in [0.05, 0.1) is 33.3 Å². The molecule has 2 aromatic carbocycles. The summed E-state index contributed by atoms with van der Waals surface area (Å²) in [5.74, 6) is 0.743. The van der Waals surface area contributed by atoms with Crippen LogP contribution < -0.4 is 14.5 Å². The van der Waals surface area contributed by atoms with Crippen molar-refractivity contribution in [2.75, 3.05) is 38.2 Å². The minimum absolute atomic E-state index is 0.145. The first-order valence-electron chi connectivity index (χ1n) is 7.71. The fourth-order valence-electron chi connectivity index (χ4n) is 2.99. The van der Waals surface area contributed by atoms with Crippen LogP contribution in [-0.4, -0.2) is 33.3 Å². The fourth-order valence-corrected chi connectivity index (χ4v) is 2.99. The van der Waals surface area contributed by atoms with Crippen molar-refractivity contribution in [3.05, 3.63) is 59.9 Å². The van der Waals surface area contributed by atoms with Gasteiger partial charge in [0.25, 0.3) is 0 Å². The van der Waals surface area contributed by atoms with Crippen LogP contribution in [0.4, 0.5) is 10.1 Å². The van der Waals surface area contributed by atoms with Crippen LogP contribution in [0.25, 0.3) is 0 Å². The van der Waals surface area contributed by atoms with Gasteiger partial charge in [-0.25, -0.2) is 4.39 Å². The number of halogens is 1. The van der Waals surface area contributed by atoms with Gasteiger partial charge >= 0.3 is 0 Å². The molecule has 1 aliphatic rings. The maximum absolute atomic E-state index is 13.2. The average Bonchev–Trinajstić information content (AvgIpc) is 2.56. The lowest BCUT2D eigenvalue weighted by Crippen LogP contribution is -3.13. The van der Waals surface area contributed by atoms with Gasteiger partial charge in [-0.2, -0.15) is 0 Å². The second kappa shape index (κ2) is 6.79. The quantitative estimate of drug-likeness (QED) is 0.926. The standard InChI is InChI=1S/C18H21FN2O/c1-22-18-7-5-17(6-8-18)21-11-9-20(10-12-21)14-15-3-2-4-16(19)13-15/h2-8,13H,9-12,14H2,1H3/p+1. The molecule has 1 N–H and O–H groups in total. The SMILES string of the molecule is COc1ccc(N2CC[NH+](Cc3cccc(F)c3)CC2)cc1. The largest absolute Gasteiger partial charge is 0.497 e. The average molecular weight is 301 g/mol. The van der Waals surface area contributed by atoms with Crippen molar-refractivity contribution in [1.29, 1.82) is 0 Å². The Balaban J connectivity index is 1.55. The molecule has 0 saturated carbocycles. The van der Waals surface area contributed by atoms with E-state index in [0.29, 0.717) is 0 Å². The van der Waals surface area contributed by atoms with Crippen molar-refractivity contribution in [2.24, 2.45) is 0 Å². The minimum atomic E-state index is -0.145. The van der Waals surface area contributed by atoms with Gasteiger partial charge in [0, 0.05) is 11.3 Å². The number of nitrogens with one attached hydrogen (secondary N) is 1. The summed E-state index contributed by atoms with van der Waals surface area (Å²) in [7, 11) is 1.68. The summed E-state index contributed by atoms with van der Waals surface area (Å²) in [5, 5.41) is 0. The number of rotatable bonds is 4. The summed E-state index contributed by atoms with van der Waals surface area (Å²) in [5.41, 5.74) is 2.32. The van der Waals surface area contributed by atoms with Crippen LogP contribution in [0.5, 0.6) is 5.75 Å². The first-order valence-corrected chi connectivity index (χ1v) is 7.71. The molecule has 1 fully saturated rings. The number of ether oxygens (including phenoxy) is 1. The number of hydrogen-bond donors (Lipinski definition) is 1. The Labute approximate surface area is 130 Å². The Kier molecular flexibility index (Phi) is 4.59. The van der Waals surface area contributed by atoms with Crippen LogP contribution in [0.1, 0.15) is 5.56 Å². The summed E-state index contributed by atoms with van der Waals surface area (Å²) in [4.78, 5) is 3.91. The Morgan fingerprint density at radius 2 is 1.82 bits per heavy atom. The molecule has 0 bridgehead atoms. The van der Waals surface area contributed by atoms with E-state index in [2.05, 4.69) is 17.0 Å². The number of nitrogens with zero attached hydrogens (tertiary/aromatic N) is 1. The lowest BCUT2D eigenvalue weighted by molar-refractivity contribution is -0.914. The number of piperazine rings is 1. The third-order valence-corrected chi connectivity index (χ3v) is 4.25. The molecule has 0 aliphatic carbocycles. The maximum Gasteiger partial charge on any atom is 0.123 e. The number of benzene rings is 2. The first-order chi connectivity index (χ1) is 10.7. The van der Waals surface area contributed by atoms with E-state index in [1.165, 1.54) is 16.7 Å². The van der Waals surface area contributed by atoms with E-state index in [0.717, 1.165) is 44.0 Å². The highest BCUT2D eigenvalue weighted by molar-refractivity contribution is 5.49. The van der Waals surface area contributed by atoms with Gasteiger partial charge in [-0.15, -0.1) is 0 Å². The Morgan fingerprint density at radius 1 is 1.09 bits per heavy atom. The van der Waals surface area contributed by atoms with E-state index in [-0.39, 0.29) is 5.82 Å². The maximum atomic E-state index is 13.2. The van der Waals surface area contributed by atoms with E-state index in [4.69, 9.17) is 4.74 Å². The molecule has 116 valence electrons. The first kappa shape index (κ1) is 14.9. The van der Waals surface area contributed by atoms with Crippen LogP contribution in [0.15, 0.2) is 48.5 Å². The molecule has 1 aliphatic heterocycles. The van der Waals surface area contributed by atoms with Gasteiger partial charge in [-0.05, 0) is 36.4 Å². The van der Waals surface area contributed by atoms with Crippen molar-refractivity contribution in [1.82, 2.24) is 0 Å². The summed E-state index contributed by atoms with van der Waals surface area (Å²) in [6.45, 7) is 5.09. The zero-order chi connectivity index (χ0) is 15.4. The van der Waals surface area contributed by atoms with Gasteiger partial charge in [-0.1, -0.05) is 12.1 Å². The predicted molar refractivity (Wildman–Crippen MR) is 86.0 cm³/mol.